The summed E-state index contributed by atoms with van der Waals surface area (Å²) in [5.41, 5.74) is 8.63. The number of thiocarbonyl (C=S) groups is 1. The van der Waals surface area contributed by atoms with Gasteiger partial charge in [0.15, 0.2) is 0 Å². The third kappa shape index (κ3) is 3.57. The zero-order chi connectivity index (χ0) is 14.7. The number of nitrogens with two attached hydrogens (primary N) is 1. The average Bonchev–Trinajstić information content (AvgIpc) is 2.87. The van der Waals surface area contributed by atoms with E-state index in [1.165, 1.54) is 12.8 Å². The van der Waals surface area contributed by atoms with Crippen molar-refractivity contribution in [2.45, 2.75) is 45.6 Å². The summed E-state index contributed by atoms with van der Waals surface area (Å²) in [7, 11) is 0. The van der Waals surface area contributed by atoms with Crippen LogP contribution in [-0.4, -0.2) is 28.4 Å². The summed E-state index contributed by atoms with van der Waals surface area (Å²) < 4.78 is 0. The summed E-state index contributed by atoms with van der Waals surface area (Å²) in [5, 5.41) is 0. The molecule has 0 radical (unpaired) electrons. The van der Waals surface area contributed by atoms with Crippen molar-refractivity contribution in [1.82, 2.24) is 4.90 Å². The molecular formula is C16H22N2OS. The van der Waals surface area contributed by atoms with Gasteiger partial charge < -0.3 is 10.6 Å². The molecular weight excluding hydrogens is 268 g/mol. The van der Waals surface area contributed by atoms with E-state index in [0.717, 1.165) is 29.5 Å². The summed E-state index contributed by atoms with van der Waals surface area (Å²) in [6.45, 7) is 4.40. The molecule has 2 N–H and O–H groups in total. The quantitative estimate of drug-likeness (QED) is 0.867. The first kappa shape index (κ1) is 15.0. The van der Waals surface area contributed by atoms with Crippen LogP contribution in [-0.2, 0) is 0 Å². The lowest BCUT2D eigenvalue weighted by Crippen LogP contribution is -2.43. The lowest BCUT2D eigenvalue weighted by molar-refractivity contribution is 0.0714. The number of hydrogen-bond donors (Lipinski definition) is 1. The maximum Gasteiger partial charge on any atom is 0.254 e. The highest BCUT2D eigenvalue weighted by Gasteiger charge is 2.27. The smallest absolute Gasteiger partial charge is 0.254 e. The van der Waals surface area contributed by atoms with Crippen LogP contribution in [0.1, 0.15) is 47.2 Å². The fourth-order valence-electron chi connectivity index (χ4n) is 3.01. The van der Waals surface area contributed by atoms with Crippen molar-refractivity contribution < 1.29 is 4.79 Å². The molecule has 0 unspecified atom stereocenters. The molecule has 0 saturated heterocycles. The highest BCUT2D eigenvalue weighted by molar-refractivity contribution is 7.80. The molecule has 0 heterocycles. The van der Waals surface area contributed by atoms with Crippen LogP contribution in [0.2, 0.25) is 0 Å². The van der Waals surface area contributed by atoms with Crippen LogP contribution in [0, 0.1) is 13.8 Å². The number of aryl methyl sites for hydroxylation is 2. The Bertz CT molecular complexity index is 501. The van der Waals surface area contributed by atoms with Crippen molar-refractivity contribution in [2.75, 3.05) is 6.54 Å². The Labute approximate surface area is 126 Å². The van der Waals surface area contributed by atoms with Crippen LogP contribution in [0.25, 0.3) is 0 Å². The summed E-state index contributed by atoms with van der Waals surface area (Å²) >= 11 is 5.01. The van der Waals surface area contributed by atoms with E-state index in [4.69, 9.17) is 18.0 Å². The van der Waals surface area contributed by atoms with Gasteiger partial charge in [0.25, 0.3) is 5.91 Å². The molecule has 3 nitrogen and oxygen atoms in total. The Morgan fingerprint density at radius 2 is 1.80 bits per heavy atom. The van der Waals surface area contributed by atoms with Crippen LogP contribution in [0.3, 0.4) is 0 Å². The van der Waals surface area contributed by atoms with Gasteiger partial charge in [0.1, 0.15) is 0 Å². The topological polar surface area (TPSA) is 46.3 Å². The lowest BCUT2D eigenvalue weighted by Gasteiger charge is -2.29. The first-order chi connectivity index (χ1) is 9.47. The van der Waals surface area contributed by atoms with Crippen LogP contribution in [0.5, 0.6) is 0 Å². The summed E-state index contributed by atoms with van der Waals surface area (Å²) in [6, 6.07) is 6.24. The molecule has 2 rings (SSSR count). The molecule has 0 aromatic heterocycles. The fourth-order valence-corrected chi connectivity index (χ4v) is 3.15. The molecule has 1 fully saturated rings. The number of carbonyl (C=O) groups excluding carboxylic acids is 1. The number of amides is 1. The molecule has 0 spiro atoms. The highest BCUT2D eigenvalue weighted by Crippen LogP contribution is 2.25. The largest absolute Gasteiger partial charge is 0.392 e. The molecule has 1 aromatic carbocycles. The van der Waals surface area contributed by atoms with Gasteiger partial charge in [-0.2, -0.15) is 0 Å². The average molecular weight is 290 g/mol. The number of benzene rings is 1. The van der Waals surface area contributed by atoms with Crippen molar-refractivity contribution in [1.29, 1.82) is 0 Å². The first-order valence-corrected chi connectivity index (χ1v) is 7.56. The second-order valence-electron chi connectivity index (χ2n) is 5.71. The van der Waals surface area contributed by atoms with E-state index in [9.17, 15) is 4.79 Å². The molecule has 1 aliphatic rings. The van der Waals surface area contributed by atoms with Gasteiger partial charge in [-0.3, -0.25) is 4.79 Å². The number of hydrogen-bond acceptors (Lipinski definition) is 2. The Balaban J connectivity index is 2.26. The predicted molar refractivity (Wildman–Crippen MR) is 86.0 cm³/mol. The summed E-state index contributed by atoms with van der Waals surface area (Å²) in [5.74, 6) is 0.0523. The molecule has 1 amide bonds. The van der Waals surface area contributed by atoms with E-state index in [1.807, 2.05) is 30.9 Å². The van der Waals surface area contributed by atoms with Crippen molar-refractivity contribution in [3.05, 3.63) is 34.9 Å². The van der Waals surface area contributed by atoms with E-state index < -0.39 is 0 Å². The zero-order valence-electron chi connectivity index (χ0n) is 12.2. The van der Waals surface area contributed by atoms with Gasteiger partial charge in [0.05, 0.1) is 11.5 Å². The monoisotopic (exact) mass is 290 g/mol. The number of carbonyl (C=O) groups is 1. The predicted octanol–water partition coefficient (Wildman–Crippen LogP) is 2.97. The van der Waals surface area contributed by atoms with Crippen molar-refractivity contribution in [2.24, 2.45) is 5.73 Å². The molecule has 0 atom stereocenters. The maximum absolute atomic E-state index is 12.8. The van der Waals surface area contributed by atoms with Gasteiger partial charge in [-0.25, -0.2) is 0 Å². The molecule has 108 valence electrons. The minimum absolute atomic E-state index is 0.0523. The van der Waals surface area contributed by atoms with E-state index in [0.29, 0.717) is 11.5 Å². The molecule has 0 bridgehead atoms. The van der Waals surface area contributed by atoms with Crippen molar-refractivity contribution in [3.63, 3.8) is 0 Å². The van der Waals surface area contributed by atoms with E-state index in [1.54, 1.807) is 0 Å². The third-order valence-corrected chi connectivity index (χ3v) is 3.95. The molecule has 4 heteroatoms. The standard InChI is InChI=1S/C16H22N2OS/c1-11-7-12(2)9-13(8-11)16(19)18(10-15(17)20)14-5-3-4-6-14/h7-9,14H,3-6,10H2,1-2H3,(H2,17,20). The molecule has 1 aromatic rings. The summed E-state index contributed by atoms with van der Waals surface area (Å²) in [4.78, 5) is 15.0. The van der Waals surface area contributed by atoms with Gasteiger partial charge in [-0.1, -0.05) is 42.3 Å². The summed E-state index contributed by atoms with van der Waals surface area (Å²) in [6.07, 6.45) is 4.47. The normalized spacial score (nSPS) is 15.3. The Morgan fingerprint density at radius 1 is 1.25 bits per heavy atom. The maximum atomic E-state index is 12.8. The Kier molecular flexibility index (Phi) is 4.76. The molecule has 0 aliphatic heterocycles. The fraction of sp³-hybridized carbons (Fsp3) is 0.500. The van der Waals surface area contributed by atoms with Crippen molar-refractivity contribution in [3.8, 4) is 0 Å². The third-order valence-electron chi connectivity index (χ3n) is 3.82. The number of nitrogens with zero attached hydrogens (tertiary/aromatic N) is 1. The zero-order valence-corrected chi connectivity index (χ0v) is 13.0. The van der Waals surface area contributed by atoms with Gasteiger partial charge >= 0.3 is 0 Å². The van der Waals surface area contributed by atoms with Crippen LogP contribution < -0.4 is 5.73 Å². The SMILES string of the molecule is Cc1cc(C)cc(C(=O)N(CC(N)=S)C2CCCC2)c1. The van der Waals surface area contributed by atoms with E-state index in [2.05, 4.69) is 6.07 Å². The van der Waals surface area contributed by atoms with Crippen LogP contribution in [0.15, 0.2) is 18.2 Å². The Morgan fingerprint density at radius 3 is 2.30 bits per heavy atom. The van der Waals surface area contributed by atoms with Gasteiger partial charge in [-0.15, -0.1) is 0 Å². The van der Waals surface area contributed by atoms with E-state index >= 15 is 0 Å². The lowest BCUT2D eigenvalue weighted by atomic mass is 10.1. The van der Waals surface area contributed by atoms with Gasteiger partial charge in [-0.05, 0) is 38.8 Å². The van der Waals surface area contributed by atoms with Gasteiger partial charge in [0.2, 0.25) is 0 Å². The van der Waals surface area contributed by atoms with Crippen molar-refractivity contribution >= 4 is 23.1 Å². The van der Waals surface area contributed by atoms with Crippen LogP contribution >= 0.6 is 12.2 Å². The van der Waals surface area contributed by atoms with E-state index in [-0.39, 0.29) is 11.9 Å². The van der Waals surface area contributed by atoms with Crippen LogP contribution in [0.4, 0.5) is 0 Å². The minimum atomic E-state index is 0.0523. The Hall–Kier alpha value is -1.42. The first-order valence-electron chi connectivity index (χ1n) is 7.15. The molecule has 1 saturated carbocycles. The molecule has 20 heavy (non-hydrogen) atoms. The number of rotatable bonds is 4. The minimum Gasteiger partial charge on any atom is -0.392 e. The highest BCUT2D eigenvalue weighted by atomic mass is 32.1. The molecule has 1 aliphatic carbocycles. The van der Waals surface area contributed by atoms with Gasteiger partial charge in [0, 0.05) is 11.6 Å². The second kappa shape index (κ2) is 6.35. The second-order valence-corrected chi connectivity index (χ2v) is 6.24.